The molecule has 308 valence electrons. The zero-order valence-electron chi connectivity index (χ0n) is 33.4. The lowest BCUT2D eigenvalue weighted by Crippen LogP contribution is -2.50. The number of ether oxygens (including phenoxy) is 5. The minimum Gasteiger partial charge on any atom is -0.478 e. The monoisotopic (exact) mass is 810 g/mol. The van der Waals surface area contributed by atoms with E-state index in [-0.39, 0.29) is 22.3 Å². The maximum absolute atomic E-state index is 13.9. The summed E-state index contributed by atoms with van der Waals surface area (Å²) in [6.07, 6.45) is -10.8. The van der Waals surface area contributed by atoms with E-state index in [4.69, 9.17) is 23.7 Å². The third-order valence-corrected chi connectivity index (χ3v) is 9.61. The van der Waals surface area contributed by atoms with Crippen LogP contribution in [0.2, 0.25) is 0 Å². The molecule has 15 nitrogen and oxygen atoms in total. The van der Waals surface area contributed by atoms with Gasteiger partial charge in [0, 0.05) is 0 Å². The zero-order chi connectivity index (χ0) is 43.9. The molecule has 0 bridgehead atoms. The molecule has 4 aromatic carbocycles. The van der Waals surface area contributed by atoms with Crippen molar-refractivity contribution in [2.45, 2.75) is 79.8 Å². The third-order valence-electron chi connectivity index (χ3n) is 9.61. The highest BCUT2D eigenvalue weighted by molar-refractivity contribution is 6.01. The van der Waals surface area contributed by atoms with Crippen LogP contribution in [-0.2, 0) is 42.9 Å². The van der Waals surface area contributed by atoms with Gasteiger partial charge in [0.1, 0.15) is 0 Å². The molecule has 4 unspecified atom stereocenters. The van der Waals surface area contributed by atoms with Gasteiger partial charge in [-0.05, 0) is 148 Å². The van der Waals surface area contributed by atoms with Crippen molar-refractivity contribution in [2.75, 3.05) is 0 Å². The number of hydrogen-bond acceptors (Lipinski definition) is 13. The van der Waals surface area contributed by atoms with Crippen molar-refractivity contribution in [1.29, 1.82) is 0 Å². The fourth-order valence-electron chi connectivity index (χ4n) is 5.37. The highest BCUT2D eigenvalue weighted by atomic mass is 16.7. The van der Waals surface area contributed by atoms with Gasteiger partial charge in [0.15, 0.2) is 0 Å². The van der Waals surface area contributed by atoms with Gasteiger partial charge in [-0.25, -0.2) is 38.4 Å². The number of rotatable bonds is 14. The summed E-state index contributed by atoms with van der Waals surface area (Å²) >= 11 is 0. The molecule has 0 heterocycles. The SMILES string of the molecule is Cc1ccc(C(=O)OC(C(=O)O)C(OC(=O)c2ccc(C)c(C)c2)C(=O)OC(=O)C(OC(=O)c2ccc(C)c(C)c2)C(OC(=O)c2ccc(C)c(C)c2)C(=O)O)cc1C. The number of carboxylic acid groups (broad SMARTS) is 2. The molecule has 4 rings (SSSR count). The number of hydrogen-bond donors (Lipinski definition) is 2. The number of aliphatic carboxylic acids is 2. The van der Waals surface area contributed by atoms with Crippen LogP contribution in [0.4, 0.5) is 0 Å². The van der Waals surface area contributed by atoms with Crippen molar-refractivity contribution in [3.63, 3.8) is 0 Å². The predicted octanol–water partition coefficient (Wildman–Crippen LogP) is 5.60. The van der Waals surface area contributed by atoms with Crippen LogP contribution in [0.1, 0.15) is 85.9 Å². The molecule has 0 saturated carbocycles. The fourth-order valence-corrected chi connectivity index (χ4v) is 5.37. The van der Waals surface area contributed by atoms with Gasteiger partial charge in [-0.15, -0.1) is 0 Å². The van der Waals surface area contributed by atoms with Gasteiger partial charge in [0.05, 0.1) is 22.3 Å². The summed E-state index contributed by atoms with van der Waals surface area (Å²) in [5, 5.41) is 20.4. The summed E-state index contributed by atoms with van der Waals surface area (Å²) in [6.45, 7) is 13.7. The highest BCUT2D eigenvalue weighted by Gasteiger charge is 2.47. The molecule has 0 fully saturated rings. The van der Waals surface area contributed by atoms with Gasteiger partial charge in [0.2, 0.25) is 24.4 Å². The summed E-state index contributed by atoms with van der Waals surface area (Å²) in [7, 11) is 0. The Bertz CT molecular complexity index is 2200. The number of aryl methyl sites for hydroxylation is 8. The van der Waals surface area contributed by atoms with Crippen LogP contribution in [0.5, 0.6) is 0 Å². The van der Waals surface area contributed by atoms with Crippen LogP contribution in [0.25, 0.3) is 0 Å². The molecule has 15 heteroatoms. The van der Waals surface area contributed by atoms with Crippen LogP contribution in [0.3, 0.4) is 0 Å². The second-order valence-electron chi connectivity index (χ2n) is 13.9. The fraction of sp³-hybridized carbons (Fsp3) is 0.273. The topological polar surface area (TPSA) is 223 Å². The second-order valence-corrected chi connectivity index (χ2v) is 13.9. The van der Waals surface area contributed by atoms with Crippen LogP contribution >= 0.6 is 0 Å². The van der Waals surface area contributed by atoms with E-state index in [9.17, 15) is 48.6 Å². The average molecular weight is 811 g/mol. The summed E-state index contributed by atoms with van der Waals surface area (Å²) in [5.74, 6) is -13.2. The minimum absolute atomic E-state index is 0.142. The van der Waals surface area contributed by atoms with Gasteiger partial charge in [-0.1, -0.05) is 24.3 Å². The predicted molar refractivity (Wildman–Crippen MR) is 207 cm³/mol. The number of carboxylic acids is 2. The first-order valence-corrected chi connectivity index (χ1v) is 18.0. The Labute approximate surface area is 338 Å². The van der Waals surface area contributed by atoms with E-state index in [1.54, 1.807) is 67.5 Å². The normalized spacial score (nSPS) is 12.8. The Kier molecular flexibility index (Phi) is 14.2. The van der Waals surface area contributed by atoms with Crippen molar-refractivity contribution in [3.8, 4) is 0 Å². The molecule has 4 atom stereocenters. The Morgan fingerprint density at radius 2 is 0.576 bits per heavy atom. The lowest BCUT2D eigenvalue weighted by atomic mass is 10.1. The second kappa shape index (κ2) is 18.9. The summed E-state index contributed by atoms with van der Waals surface area (Å²) in [4.78, 5) is 106. The molecule has 2 N–H and O–H groups in total. The number of carbonyl (C=O) groups is 8. The zero-order valence-corrected chi connectivity index (χ0v) is 33.4. The third kappa shape index (κ3) is 11.0. The molecular formula is C44H42O15. The summed E-state index contributed by atoms with van der Waals surface area (Å²) in [5.41, 5.74) is 4.92. The van der Waals surface area contributed by atoms with Crippen molar-refractivity contribution >= 4 is 47.8 Å². The van der Waals surface area contributed by atoms with Crippen LogP contribution < -0.4 is 0 Å². The molecule has 0 aromatic heterocycles. The molecular weight excluding hydrogens is 768 g/mol. The molecule has 0 aliphatic carbocycles. The highest BCUT2D eigenvalue weighted by Crippen LogP contribution is 2.21. The molecule has 0 amide bonds. The number of benzene rings is 4. The van der Waals surface area contributed by atoms with Crippen molar-refractivity contribution in [1.82, 2.24) is 0 Å². The Hall–Kier alpha value is -7.16. The van der Waals surface area contributed by atoms with E-state index in [2.05, 4.69) is 0 Å². The Balaban J connectivity index is 1.76. The molecule has 0 aliphatic rings. The van der Waals surface area contributed by atoms with Gasteiger partial charge >= 0.3 is 47.8 Å². The summed E-state index contributed by atoms with van der Waals surface area (Å²) in [6, 6.07) is 16.9. The van der Waals surface area contributed by atoms with E-state index in [1.807, 2.05) is 0 Å². The first-order chi connectivity index (χ1) is 27.7. The van der Waals surface area contributed by atoms with Crippen molar-refractivity contribution < 1.29 is 72.3 Å². The van der Waals surface area contributed by atoms with Gasteiger partial charge in [-0.3, -0.25) is 0 Å². The summed E-state index contributed by atoms with van der Waals surface area (Å²) < 4.78 is 25.8. The maximum Gasteiger partial charge on any atom is 0.359 e. The van der Waals surface area contributed by atoms with Crippen LogP contribution in [-0.4, -0.2) is 82.4 Å². The molecule has 0 radical (unpaired) electrons. The molecule has 4 aromatic rings. The molecule has 0 aliphatic heterocycles. The lowest BCUT2D eigenvalue weighted by Gasteiger charge is -2.25. The first-order valence-electron chi connectivity index (χ1n) is 18.0. The smallest absolute Gasteiger partial charge is 0.359 e. The maximum atomic E-state index is 13.9. The van der Waals surface area contributed by atoms with Crippen molar-refractivity contribution in [2.24, 2.45) is 0 Å². The standard InChI is InChI=1S/C44H42O15/c1-21-9-13-29(17-25(21)5)39(49)55-33(37(45)46)35(57-41(51)31-15-11-23(3)27(7)19-31)43(53)59-44(54)36(58-42(52)32-16-12-24(4)28(8)20-32)34(38(47)48)56-40(50)30-14-10-22(2)26(6)18-30/h9-20,33-36H,1-8H3,(H,45,46)(H,47,48). The van der Waals surface area contributed by atoms with E-state index >= 15 is 0 Å². The molecule has 0 saturated heterocycles. The van der Waals surface area contributed by atoms with Crippen LogP contribution in [0.15, 0.2) is 72.8 Å². The number of esters is 6. The first kappa shape index (κ1) is 44.6. The number of carbonyl (C=O) groups excluding carboxylic acids is 6. The largest absolute Gasteiger partial charge is 0.478 e. The average Bonchev–Trinajstić information content (AvgIpc) is 3.17. The van der Waals surface area contributed by atoms with Gasteiger partial charge < -0.3 is 33.9 Å². The van der Waals surface area contributed by atoms with Crippen molar-refractivity contribution in [3.05, 3.63) is 140 Å². The quantitative estimate of drug-likeness (QED) is 0.0899. The minimum atomic E-state index is -2.72. The lowest BCUT2D eigenvalue weighted by molar-refractivity contribution is -0.184. The van der Waals surface area contributed by atoms with Gasteiger partial charge in [0.25, 0.3) is 0 Å². The van der Waals surface area contributed by atoms with E-state index in [1.165, 1.54) is 60.7 Å². The Morgan fingerprint density at radius 1 is 0.356 bits per heavy atom. The van der Waals surface area contributed by atoms with E-state index < -0.39 is 72.2 Å². The van der Waals surface area contributed by atoms with E-state index in [0.717, 1.165) is 22.3 Å². The van der Waals surface area contributed by atoms with Crippen LogP contribution in [0, 0.1) is 55.4 Å². The van der Waals surface area contributed by atoms with E-state index in [0.29, 0.717) is 22.3 Å². The molecule has 0 spiro atoms. The van der Waals surface area contributed by atoms with Gasteiger partial charge in [-0.2, -0.15) is 0 Å². The Morgan fingerprint density at radius 3 is 0.780 bits per heavy atom. The molecule has 59 heavy (non-hydrogen) atoms.